The molecule has 1 nitrogen and oxygen atoms in total. The molecule has 18 heavy (non-hydrogen) atoms. The second-order valence-corrected chi connectivity index (χ2v) is 6.09. The molecule has 0 amide bonds. The van der Waals surface area contributed by atoms with Gasteiger partial charge in [0, 0.05) is 6.04 Å². The summed E-state index contributed by atoms with van der Waals surface area (Å²) >= 11 is 3.24. The zero-order valence-electron chi connectivity index (χ0n) is 11.5. The van der Waals surface area contributed by atoms with Gasteiger partial charge < -0.3 is 5.32 Å². The van der Waals surface area contributed by atoms with Gasteiger partial charge in [0.1, 0.15) is 5.82 Å². The maximum Gasteiger partial charge on any atom is 0.137 e. The largest absolute Gasteiger partial charge is 0.314 e. The molecule has 1 atom stereocenters. The molecule has 0 aliphatic heterocycles. The summed E-state index contributed by atoms with van der Waals surface area (Å²) in [5, 5.41) is 3.57. The second-order valence-electron chi connectivity index (χ2n) is 5.23. The maximum atomic E-state index is 13.2. The third-order valence-corrected chi connectivity index (χ3v) is 3.51. The van der Waals surface area contributed by atoms with E-state index in [2.05, 4.69) is 42.0 Å². The Morgan fingerprint density at radius 3 is 2.61 bits per heavy atom. The van der Waals surface area contributed by atoms with E-state index < -0.39 is 0 Å². The molecule has 1 rings (SSSR count). The minimum absolute atomic E-state index is 0.194. The van der Waals surface area contributed by atoms with E-state index in [9.17, 15) is 4.39 Å². The average molecular weight is 316 g/mol. The Morgan fingerprint density at radius 2 is 2.06 bits per heavy atom. The van der Waals surface area contributed by atoms with Gasteiger partial charge in [0.15, 0.2) is 0 Å². The van der Waals surface area contributed by atoms with E-state index in [4.69, 9.17) is 0 Å². The van der Waals surface area contributed by atoms with Crippen molar-refractivity contribution in [2.75, 3.05) is 6.54 Å². The molecule has 3 heteroatoms. The van der Waals surface area contributed by atoms with Crippen molar-refractivity contribution in [3.05, 3.63) is 34.1 Å². The minimum atomic E-state index is -0.194. The van der Waals surface area contributed by atoms with E-state index in [-0.39, 0.29) is 5.82 Å². The van der Waals surface area contributed by atoms with Gasteiger partial charge in [-0.15, -0.1) is 0 Å². The Hall–Kier alpha value is -0.410. The SMILES string of the molecule is CCCNC(Cc1ccc(F)c(Br)c1)CC(C)C. The third-order valence-electron chi connectivity index (χ3n) is 2.91. The van der Waals surface area contributed by atoms with Gasteiger partial charge in [-0.1, -0.05) is 26.8 Å². The Labute approximate surface area is 118 Å². The number of hydrogen-bond donors (Lipinski definition) is 1. The van der Waals surface area contributed by atoms with Crippen LogP contribution in [0, 0.1) is 11.7 Å². The highest BCUT2D eigenvalue weighted by molar-refractivity contribution is 9.10. The number of benzene rings is 1. The molecular weight excluding hydrogens is 293 g/mol. The van der Waals surface area contributed by atoms with Crippen LogP contribution in [0.2, 0.25) is 0 Å². The first kappa shape index (κ1) is 15.6. The maximum absolute atomic E-state index is 13.2. The van der Waals surface area contributed by atoms with Crippen LogP contribution in [-0.2, 0) is 6.42 Å². The Balaban J connectivity index is 2.65. The summed E-state index contributed by atoms with van der Waals surface area (Å²) in [6.45, 7) is 7.69. The van der Waals surface area contributed by atoms with E-state index in [1.54, 1.807) is 0 Å². The summed E-state index contributed by atoms with van der Waals surface area (Å²) in [7, 11) is 0. The number of hydrogen-bond acceptors (Lipinski definition) is 1. The number of nitrogens with one attached hydrogen (secondary N) is 1. The van der Waals surface area contributed by atoms with Crippen molar-refractivity contribution in [3.63, 3.8) is 0 Å². The van der Waals surface area contributed by atoms with Crippen molar-refractivity contribution in [2.24, 2.45) is 5.92 Å². The lowest BCUT2D eigenvalue weighted by atomic mass is 9.97. The molecule has 1 N–H and O–H groups in total. The molecule has 0 aromatic heterocycles. The highest BCUT2D eigenvalue weighted by Gasteiger charge is 2.11. The number of halogens is 2. The van der Waals surface area contributed by atoms with E-state index in [0.717, 1.165) is 25.8 Å². The molecule has 0 bridgehead atoms. The molecule has 0 saturated carbocycles. The molecular formula is C15H23BrFN. The first-order valence-corrected chi connectivity index (χ1v) is 7.49. The number of rotatable bonds is 7. The Bertz CT molecular complexity index is 366. The van der Waals surface area contributed by atoms with E-state index in [0.29, 0.717) is 16.4 Å². The predicted octanol–water partition coefficient (Wildman–Crippen LogP) is 4.55. The summed E-state index contributed by atoms with van der Waals surface area (Å²) in [6.07, 6.45) is 3.24. The van der Waals surface area contributed by atoms with Crippen molar-refractivity contribution >= 4 is 15.9 Å². The lowest BCUT2D eigenvalue weighted by molar-refractivity contribution is 0.416. The van der Waals surface area contributed by atoms with Crippen LogP contribution in [0.1, 0.15) is 39.2 Å². The molecule has 0 saturated heterocycles. The zero-order chi connectivity index (χ0) is 13.5. The molecule has 1 aromatic rings. The Morgan fingerprint density at radius 1 is 1.33 bits per heavy atom. The minimum Gasteiger partial charge on any atom is -0.314 e. The molecule has 1 unspecified atom stereocenters. The molecule has 102 valence electrons. The molecule has 0 radical (unpaired) electrons. The van der Waals surface area contributed by atoms with Gasteiger partial charge in [-0.2, -0.15) is 0 Å². The molecule has 0 heterocycles. The van der Waals surface area contributed by atoms with Crippen molar-refractivity contribution in [1.82, 2.24) is 5.32 Å². The first-order valence-electron chi connectivity index (χ1n) is 6.70. The molecule has 0 fully saturated rings. The van der Waals surface area contributed by atoms with Gasteiger partial charge in [0.2, 0.25) is 0 Å². The van der Waals surface area contributed by atoms with Crippen LogP contribution in [0.3, 0.4) is 0 Å². The smallest absolute Gasteiger partial charge is 0.137 e. The van der Waals surface area contributed by atoms with E-state index in [1.807, 2.05) is 12.1 Å². The van der Waals surface area contributed by atoms with Gasteiger partial charge in [0.05, 0.1) is 4.47 Å². The fraction of sp³-hybridized carbons (Fsp3) is 0.600. The fourth-order valence-corrected chi connectivity index (χ4v) is 2.53. The average Bonchev–Trinajstić information content (AvgIpc) is 2.30. The van der Waals surface area contributed by atoms with Crippen molar-refractivity contribution < 1.29 is 4.39 Å². The summed E-state index contributed by atoms with van der Waals surface area (Å²) in [4.78, 5) is 0. The zero-order valence-corrected chi connectivity index (χ0v) is 13.1. The highest BCUT2D eigenvalue weighted by Crippen LogP contribution is 2.19. The van der Waals surface area contributed by atoms with Gasteiger partial charge in [-0.3, -0.25) is 0 Å². The molecule has 0 aliphatic carbocycles. The summed E-state index contributed by atoms with van der Waals surface area (Å²) in [5.41, 5.74) is 1.18. The third kappa shape index (κ3) is 5.49. The van der Waals surface area contributed by atoms with Crippen molar-refractivity contribution in [3.8, 4) is 0 Å². The van der Waals surface area contributed by atoms with Gasteiger partial charge in [-0.05, 0) is 65.4 Å². The van der Waals surface area contributed by atoms with Crippen molar-refractivity contribution in [2.45, 2.75) is 46.1 Å². The quantitative estimate of drug-likeness (QED) is 0.778. The normalized spacial score (nSPS) is 13.0. The van der Waals surface area contributed by atoms with Crippen LogP contribution in [0.25, 0.3) is 0 Å². The fourth-order valence-electron chi connectivity index (χ4n) is 2.11. The standard InChI is InChI=1S/C15H23BrFN/c1-4-7-18-13(8-11(2)3)9-12-5-6-15(17)14(16)10-12/h5-6,10-11,13,18H,4,7-9H2,1-3H3. The van der Waals surface area contributed by atoms with Crippen molar-refractivity contribution in [1.29, 1.82) is 0 Å². The van der Waals surface area contributed by atoms with Crippen LogP contribution in [0.5, 0.6) is 0 Å². The van der Waals surface area contributed by atoms with E-state index >= 15 is 0 Å². The molecule has 0 aliphatic rings. The lowest BCUT2D eigenvalue weighted by Gasteiger charge is -2.20. The van der Waals surface area contributed by atoms with Crippen LogP contribution in [0.4, 0.5) is 4.39 Å². The summed E-state index contributed by atoms with van der Waals surface area (Å²) in [6, 6.07) is 5.77. The second kappa shape index (κ2) is 7.90. The van der Waals surface area contributed by atoms with Gasteiger partial charge >= 0.3 is 0 Å². The van der Waals surface area contributed by atoms with Crippen LogP contribution in [0.15, 0.2) is 22.7 Å². The topological polar surface area (TPSA) is 12.0 Å². The lowest BCUT2D eigenvalue weighted by Crippen LogP contribution is -2.33. The van der Waals surface area contributed by atoms with E-state index in [1.165, 1.54) is 11.6 Å². The van der Waals surface area contributed by atoms with Crippen LogP contribution >= 0.6 is 15.9 Å². The first-order chi connectivity index (χ1) is 8.52. The summed E-state index contributed by atoms with van der Waals surface area (Å²) in [5.74, 6) is 0.476. The summed E-state index contributed by atoms with van der Waals surface area (Å²) < 4.78 is 13.7. The van der Waals surface area contributed by atoms with Crippen LogP contribution < -0.4 is 5.32 Å². The molecule has 1 aromatic carbocycles. The Kier molecular flexibility index (Phi) is 6.87. The molecule has 0 spiro atoms. The van der Waals surface area contributed by atoms with Gasteiger partial charge in [-0.25, -0.2) is 4.39 Å². The van der Waals surface area contributed by atoms with Crippen LogP contribution in [-0.4, -0.2) is 12.6 Å². The highest BCUT2D eigenvalue weighted by atomic mass is 79.9. The predicted molar refractivity (Wildman–Crippen MR) is 79.3 cm³/mol. The monoisotopic (exact) mass is 315 g/mol. The van der Waals surface area contributed by atoms with Gasteiger partial charge in [0.25, 0.3) is 0 Å².